The summed E-state index contributed by atoms with van der Waals surface area (Å²) in [6.07, 6.45) is 2.53. The van der Waals surface area contributed by atoms with Crippen molar-refractivity contribution in [3.63, 3.8) is 0 Å². The third-order valence-corrected chi connectivity index (χ3v) is 3.44. The predicted octanol–water partition coefficient (Wildman–Crippen LogP) is 2.97. The molecule has 0 atom stereocenters. The second kappa shape index (κ2) is 5.87. The Labute approximate surface area is 115 Å². The zero-order chi connectivity index (χ0) is 13.0. The van der Waals surface area contributed by atoms with Crippen LogP contribution in [0.4, 0.5) is 5.82 Å². The van der Waals surface area contributed by atoms with Gasteiger partial charge in [0.25, 0.3) is 0 Å². The summed E-state index contributed by atoms with van der Waals surface area (Å²) in [5.74, 6) is 0.968. The molecule has 0 unspecified atom stereocenters. The summed E-state index contributed by atoms with van der Waals surface area (Å²) in [5, 5.41) is 9.46. The number of pyridine rings is 1. The fraction of sp³-hybridized carbons (Fsp3) is 0.385. The first-order valence-corrected chi connectivity index (χ1v) is 7.07. The van der Waals surface area contributed by atoms with Crippen molar-refractivity contribution in [3.8, 4) is 6.07 Å². The number of aromatic nitrogens is 2. The molecule has 4 nitrogen and oxygen atoms in total. The molecular weight excluding hydrogens is 292 g/mol. The molecule has 0 aromatic carbocycles. The van der Waals surface area contributed by atoms with Crippen LogP contribution in [0.15, 0.2) is 24.4 Å². The van der Waals surface area contributed by atoms with E-state index in [0.717, 1.165) is 35.6 Å². The largest absolute Gasteiger partial charge is 0.354 e. The second-order valence-corrected chi connectivity index (χ2v) is 4.49. The Bertz CT molecular complexity index is 570. The van der Waals surface area contributed by atoms with Crippen molar-refractivity contribution in [1.29, 1.82) is 5.26 Å². The van der Waals surface area contributed by atoms with Crippen LogP contribution in [-0.2, 0) is 5.33 Å². The lowest BCUT2D eigenvalue weighted by atomic mass is 10.3. The molecule has 0 aliphatic rings. The third kappa shape index (κ3) is 2.34. The van der Waals surface area contributed by atoms with Gasteiger partial charge in [0, 0.05) is 24.6 Å². The van der Waals surface area contributed by atoms with Gasteiger partial charge in [-0.25, -0.2) is 4.98 Å². The van der Waals surface area contributed by atoms with Gasteiger partial charge in [-0.1, -0.05) is 22.0 Å². The van der Waals surface area contributed by atoms with Gasteiger partial charge in [0.1, 0.15) is 5.65 Å². The molecule has 0 bridgehead atoms. The van der Waals surface area contributed by atoms with Crippen LogP contribution in [-0.4, -0.2) is 22.5 Å². The molecule has 2 rings (SSSR count). The van der Waals surface area contributed by atoms with E-state index >= 15 is 0 Å². The minimum Gasteiger partial charge on any atom is -0.354 e. The van der Waals surface area contributed by atoms with Gasteiger partial charge in [-0.3, -0.25) is 0 Å². The number of rotatable bonds is 5. The van der Waals surface area contributed by atoms with Gasteiger partial charge >= 0.3 is 0 Å². The van der Waals surface area contributed by atoms with Crippen molar-refractivity contribution in [2.24, 2.45) is 0 Å². The molecule has 0 aliphatic heterocycles. The Morgan fingerprint density at radius 1 is 1.50 bits per heavy atom. The molecule has 0 N–H and O–H groups in total. The first-order chi connectivity index (χ1) is 8.81. The zero-order valence-electron chi connectivity index (χ0n) is 10.3. The fourth-order valence-corrected chi connectivity index (χ4v) is 2.53. The molecule has 0 radical (unpaired) electrons. The van der Waals surface area contributed by atoms with Gasteiger partial charge in [0.05, 0.1) is 18.2 Å². The van der Waals surface area contributed by atoms with Crippen LogP contribution >= 0.6 is 15.9 Å². The summed E-state index contributed by atoms with van der Waals surface area (Å²) in [6, 6.07) is 8.16. The molecular formula is C13H15BrN4. The topological polar surface area (TPSA) is 44.3 Å². The predicted molar refractivity (Wildman–Crippen MR) is 75.9 cm³/mol. The Balaban J connectivity index is 2.45. The molecule has 2 heterocycles. The van der Waals surface area contributed by atoms with Crippen molar-refractivity contribution in [3.05, 3.63) is 30.1 Å². The van der Waals surface area contributed by atoms with Gasteiger partial charge in [-0.15, -0.1) is 0 Å². The van der Waals surface area contributed by atoms with Gasteiger partial charge in [0.15, 0.2) is 5.82 Å². The Morgan fingerprint density at radius 2 is 2.33 bits per heavy atom. The van der Waals surface area contributed by atoms with E-state index in [9.17, 15) is 0 Å². The lowest BCUT2D eigenvalue weighted by molar-refractivity contribution is 0.809. The molecule has 0 spiro atoms. The highest BCUT2D eigenvalue weighted by atomic mass is 79.9. The van der Waals surface area contributed by atoms with Crippen molar-refractivity contribution in [2.75, 3.05) is 18.0 Å². The number of imidazole rings is 1. The monoisotopic (exact) mass is 306 g/mol. The van der Waals surface area contributed by atoms with Crippen LogP contribution in [0, 0.1) is 11.3 Å². The number of hydrogen-bond acceptors (Lipinski definition) is 3. The highest BCUT2D eigenvalue weighted by Gasteiger charge is 2.15. The average Bonchev–Trinajstić information content (AvgIpc) is 2.78. The Morgan fingerprint density at radius 3 is 3.00 bits per heavy atom. The van der Waals surface area contributed by atoms with E-state index in [-0.39, 0.29) is 0 Å². The molecule has 2 aromatic heterocycles. The molecule has 0 aliphatic carbocycles. The van der Waals surface area contributed by atoms with Crippen molar-refractivity contribution < 1.29 is 0 Å². The highest BCUT2D eigenvalue weighted by molar-refractivity contribution is 9.08. The lowest BCUT2D eigenvalue weighted by Gasteiger charge is -2.20. The molecule has 5 heteroatoms. The standard InChI is InChI=1S/C13H15BrN4/c1-2-17(8-5-7-15)13-11(10-14)18-9-4-3-6-12(18)16-13/h3-4,6,9H,2,5,8,10H2,1H3. The maximum Gasteiger partial charge on any atom is 0.152 e. The number of anilines is 1. The maximum atomic E-state index is 8.71. The lowest BCUT2D eigenvalue weighted by Crippen LogP contribution is -2.25. The van der Waals surface area contributed by atoms with E-state index in [1.54, 1.807) is 0 Å². The number of halogens is 1. The summed E-state index contributed by atoms with van der Waals surface area (Å²) >= 11 is 3.52. The van der Waals surface area contributed by atoms with Crippen LogP contribution < -0.4 is 4.90 Å². The summed E-state index contributed by atoms with van der Waals surface area (Å²) < 4.78 is 2.08. The number of fused-ring (bicyclic) bond motifs is 1. The smallest absolute Gasteiger partial charge is 0.152 e. The SMILES string of the molecule is CCN(CCC#N)c1nc2ccccn2c1CBr. The van der Waals surface area contributed by atoms with Crippen LogP contribution in [0.5, 0.6) is 0 Å². The molecule has 0 fully saturated rings. The maximum absolute atomic E-state index is 8.71. The minimum atomic E-state index is 0.517. The van der Waals surface area contributed by atoms with Gasteiger partial charge in [-0.05, 0) is 19.1 Å². The number of nitrogens with zero attached hydrogens (tertiary/aromatic N) is 4. The van der Waals surface area contributed by atoms with E-state index in [2.05, 4.69) is 43.2 Å². The van der Waals surface area contributed by atoms with E-state index in [1.165, 1.54) is 0 Å². The number of hydrogen-bond donors (Lipinski definition) is 0. The number of alkyl halides is 1. The van der Waals surface area contributed by atoms with Crippen molar-refractivity contribution in [1.82, 2.24) is 9.38 Å². The van der Waals surface area contributed by atoms with E-state index in [1.807, 2.05) is 24.4 Å². The minimum absolute atomic E-state index is 0.517. The van der Waals surface area contributed by atoms with E-state index in [4.69, 9.17) is 5.26 Å². The molecule has 2 aromatic rings. The molecule has 0 amide bonds. The first-order valence-electron chi connectivity index (χ1n) is 5.95. The Hall–Kier alpha value is -1.54. The van der Waals surface area contributed by atoms with Gasteiger partial charge < -0.3 is 9.30 Å². The summed E-state index contributed by atoms with van der Waals surface area (Å²) in [5.41, 5.74) is 2.07. The molecule has 94 valence electrons. The third-order valence-electron chi connectivity index (χ3n) is 2.91. The zero-order valence-corrected chi connectivity index (χ0v) is 11.9. The van der Waals surface area contributed by atoms with Gasteiger partial charge in [0.2, 0.25) is 0 Å². The molecule has 0 saturated carbocycles. The quantitative estimate of drug-likeness (QED) is 0.798. The molecule has 0 saturated heterocycles. The summed E-state index contributed by atoms with van der Waals surface area (Å²) in [7, 11) is 0. The van der Waals surface area contributed by atoms with Crippen molar-refractivity contribution >= 4 is 27.4 Å². The average molecular weight is 307 g/mol. The molecule has 18 heavy (non-hydrogen) atoms. The van der Waals surface area contributed by atoms with E-state index in [0.29, 0.717) is 6.42 Å². The van der Waals surface area contributed by atoms with Crippen LogP contribution in [0.2, 0.25) is 0 Å². The summed E-state index contributed by atoms with van der Waals surface area (Å²) in [4.78, 5) is 6.80. The first kappa shape index (κ1) is 12.9. The number of nitriles is 1. The Kier molecular flexibility index (Phi) is 4.21. The normalized spacial score (nSPS) is 10.5. The second-order valence-electron chi connectivity index (χ2n) is 3.93. The summed E-state index contributed by atoms with van der Waals surface area (Å²) in [6.45, 7) is 3.65. The van der Waals surface area contributed by atoms with Crippen LogP contribution in [0.3, 0.4) is 0 Å². The fourth-order valence-electron chi connectivity index (χ4n) is 2.01. The van der Waals surface area contributed by atoms with E-state index < -0.39 is 0 Å². The highest BCUT2D eigenvalue weighted by Crippen LogP contribution is 2.23. The van der Waals surface area contributed by atoms with Crippen LogP contribution in [0.25, 0.3) is 5.65 Å². The van der Waals surface area contributed by atoms with Gasteiger partial charge in [-0.2, -0.15) is 5.26 Å². The van der Waals surface area contributed by atoms with Crippen molar-refractivity contribution in [2.45, 2.75) is 18.7 Å². The van der Waals surface area contributed by atoms with Crippen LogP contribution in [0.1, 0.15) is 19.0 Å².